The molecule has 23 heavy (non-hydrogen) atoms. The first-order valence-electron chi connectivity index (χ1n) is 7.86. The summed E-state index contributed by atoms with van der Waals surface area (Å²) in [6, 6.07) is 19.5. The third-order valence-corrected chi connectivity index (χ3v) is 4.23. The predicted octanol–water partition coefficient (Wildman–Crippen LogP) is 2.79. The topological polar surface area (TPSA) is 49.8 Å². The van der Waals surface area contributed by atoms with Crippen molar-refractivity contribution in [2.75, 3.05) is 13.2 Å². The molecule has 0 radical (unpaired) electrons. The lowest BCUT2D eigenvalue weighted by Gasteiger charge is -2.45. The molecule has 0 aliphatic carbocycles. The number of carbonyl (C=O) groups is 1. The number of carboxylic acid groups (broad SMARTS) is 1. The molecule has 1 saturated heterocycles. The molecule has 1 aliphatic rings. The molecule has 4 nitrogen and oxygen atoms in total. The van der Waals surface area contributed by atoms with Gasteiger partial charge in [-0.3, -0.25) is 9.69 Å². The van der Waals surface area contributed by atoms with Crippen molar-refractivity contribution in [3.63, 3.8) is 0 Å². The van der Waals surface area contributed by atoms with E-state index in [0.717, 1.165) is 17.7 Å². The Bertz CT molecular complexity index is 628. The molecule has 1 heterocycles. The first kappa shape index (κ1) is 15.7. The Labute approximate surface area is 136 Å². The van der Waals surface area contributed by atoms with Gasteiger partial charge in [0.1, 0.15) is 6.04 Å². The molecule has 2 atom stereocenters. The van der Waals surface area contributed by atoms with Gasteiger partial charge < -0.3 is 9.84 Å². The van der Waals surface area contributed by atoms with Crippen LogP contribution in [0.3, 0.4) is 0 Å². The lowest BCUT2D eigenvalue weighted by molar-refractivity contribution is -0.157. The number of nitrogens with zero attached hydrogens (tertiary/aromatic N) is 1. The molecule has 0 amide bonds. The molecule has 0 unspecified atom stereocenters. The zero-order chi connectivity index (χ0) is 16.1. The van der Waals surface area contributed by atoms with Crippen LogP contribution < -0.4 is 0 Å². The van der Waals surface area contributed by atoms with E-state index >= 15 is 0 Å². The maximum Gasteiger partial charge on any atom is 0.321 e. The second-order valence-corrected chi connectivity index (χ2v) is 5.96. The molecule has 0 saturated carbocycles. The van der Waals surface area contributed by atoms with Gasteiger partial charge in [0, 0.05) is 19.0 Å². The fourth-order valence-corrected chi connectivity index (χ4v) is 3.06. The average Bonchev–Trinajstić information content (AvgIpc) is 2.54. The number of rotatable bonds is 7. The van der Waals surface area contributed by atoms with Crippen molar-refractivity contribution in [1.29, 1.82) is 0 Å². The van der Waals surface area contributed by atoms with Crippen LogP contribution in [0.25, 0.3) is 0 Å². The Hall–Kier alpha value is -2.17. The summed E-state index contributed by atoms with van der Waals surface area (Å²) in [4.78, 5) is 13.5. The monoisotopic (exact) mass is 311 g/mol. The molecule has 0 bridgehead atoms. The summed E-state index contributed by atoms with van der Waals surface area (Å²) in [6.45, 7) is 2.45. The minimum atomic E-state index is -0.763. The van der Waals surface area contributed by atoms with Crippen molar-refractivity contribution in [1.82, 2.24) is 4.90 Å². The minimum absolute atomic E-state index is 0.0555. The summed E-state index contributed by atoms with van der Waals surface area (Å²) in [7, 11) is 0. The normalized spacial score (nSPS) is 20.9. The first-order valence-corrected chi connectivity index (χ1v) is 7.86. The predicted molar refractivity (Wildman–Crippen MR) is 87.9 cm³/mol. The van der Waals surface area contributed by atoms with E-state index in [0.29, 0.717) is 19.8 Å². The van der Waals surface area contributed by atoms with Gasteiger partial charge in [0.05, 0.1) is 13.2 Å². The molecule has 1 fully saturated rings. The number of benzene rings is 2. The van der Waals surface area contributed by atoms with Crippen LogP contribution in [0.15, 0.2) is 60.7 Å². The summed E-state index contributed by atoms with van der Waals surface area (Å²) in [5, 5.41) is 9.47. The molecule has 0 aromatic heterocycles. The van der Waals surface area contributed by atoms with Gasteiger partial charge in [-0.1, -0.05) is 60.7 Å². The van der Waals surface area contributed by atoms with E-state index in [1.807, 2.05) is 65.6 Å². The number of hydrogen-bond acceptors (Lipinski definition) is 3. The van der Waals surface area contributed by atoms with E-state index in [-0.39, 0.29) is 5.92 Å². The van der Waals surface area contributed by atoms with Crippen molar-refractivity contribution in [2.45, 2.75) is 19.2 Å². The van der Waals surface area contributed by atoms with Crippen LogP contribution >= 0.6 is 0 Å². The van der Waals surface area contributed by atoms with Gasteiger partial charge in [0.15, 0.2) is 0 Å². The van der Waals surface area contributed by atoms with Crippen LogP contribution in [-0.4, -0.2) is 35.2 Å². The van der Waals surface area contributed by atoms with Crippen molar-refractivity contribution in [2.24, 2.45) is 5.92 Å². The van der Waals surface area contributed by atoms with Gasteiger partial charge in [0.25, 0.3) is 0 Å². The number of carboxylic acids is 1. The Morgan fingerprint density at radius 1 is 1.04 bits per heavy atom. The Balaban J connectivity index is 1.50. The van der Waals surface area contributed by atoms with Gasteiger partial charge in [0.2, 0.25) is 0 Å². The molecular formula is C19H21NO3. The molecule has 4 heteroatoms. The highest BCUT2D eigenvalue weighted by Crippen LogP contribution is 2.27. The Kier molecular flexibility index (Phi) is 5.05. The standard InChI is InChI=1S/C19H21NO3/c21-19(22)18-17(14-23-13-16-9-5-2-6-10-16)12-20(18)11-15-7-3-1-4-8-15/h1-10,17-18H,11-14H2,(H,21,22)/t17-,18-/m0/s1. The molecule has 1 aliphatic heterocycles. The molecule has 2 aromatic rings. The molecule has 3 rings (SSSR count). The lowest BCUT2D eigenvalue weighted by atomic mass is 9.88. The number of likely N-dealkylation sites (tertiary alicyclic amines) is 1. The lowest BCUT2D eigenvalue weighted by Crippen LogP contribution is -2.60. The van der Waals surface area contributed by atoms with Gasteiger partial charge >= 0.3 is 5.97 Å². The third-order valence-electron chi connectivity index (χ3n) is 4.23. The number of hydrogen-bond donors (Lipinski definition) is 1. The van der Waals surface area contributed by atoms with Crippen LogP contribution in [0.4, 0.5) is 0 Å². The van der Waals surface area contributed by atoms with E-state index < -0.39 is 12.0 Å². The fraction of sp³-hybridized carbons (Fsp3) is 0.316. The minimum Gasteiger partial charge on any atom is -0.480 e. The van der Waals surface area contributed by atoms with Crippen LogP contribution in [0.5, 0.6) is 0 Å². The molecular weight excluding hydrogens is 290 g/mol. The smallest absolute Gasteiger partial charge is 0.321 e. The van der Waals surface area contributed by atoms with E-state index in [1.54, 1.807) is 0 Å². The van der Waals surface area contributed by atoms with Crippen molar-refractivity contribution < 1.29 is 14.6 Å². The van der Waals surface area contributed by atoms with E-state index in [1.165, 1.54) is 0 Å². The highest BCUT2D eigenvalue weighted by atomic mass is 16.5. The van der Waals surface area contributed by atoms with Gasteiger partial charge in [-0.25, -0.2) is 0 Å². The molecule has 120 valence electrons. The van der Waals surface area contributed by atoms with Crippen LogP contribution in [0.1, 0.15) is 11.1 Å². The third kappa shape index (κ3) is 3.97. The van der Waals surface area contributed by atoms with Crippen molar-refractivity contribution in [3.8, 4) is 0 Å². The SMILES string of the molecule is O=C(O)[C@@H]1[C@H](COCc2ccccc2)CN1Cc1ccccc1. The van der Waals surface area contributed by atoms with Crippen LogP contribution in [0, 0.1) is 5.92 Å². The Morgan fingerprint density at radius 3 is 2.26 bits per heavy atom. The highest BCUT2D eigenvalue weighted by Gasteiger charge is 2.43. The summed E-state index contributed by atoms with van der Waals surface area (Å²) in [5.41, 5.74) is 2.25. The van der Waals surface area contributed by atoms with Crippen molar-refractivity contribution in [3.05, 3.63) is 71.8 Å². The zero-order valence-corrected chi connectivity index (χ0v) is 13.0. The second kappa shape index (κ2) is 7.40. The number of ether oxygens (including phenoxy) is 1. The molecule has 0 spiro atoms. The van der Waals surface area contributed by atoms with E-state index in [4.69, 9.17) is 4.74 Å². The summed E-state index contributed by atoms with van der Waals surface area (Å²) >= 11 is 0. The zero-order valence-electron chi connectivity index (χ0n) is 13.0. The first-order chi connectivity index (χ1) is 11.2. The van der Waals surface area contributed by atoms with Gasteiger partial charge in [-0.15, -0.1) is 0 Å². The molecule has 1 N–H and O–H groups in total. The summed E-state index contributed by atoms with van der Waals surface area (Å²) in [6.07, 6.45) is 0. The van der Waals surface area contributed by atoms with Gasteiger partial charge in [-0.05, 0) is 11.1 Å². The van der Waals surface area contributed by atoms with Crippen molar-refractivity contribution >= 4 is 5.97 Å². The Morgan fingerprint density at radius 2 is 1.65 bits per heavy atom. The molecule has 2 aromatic carbocycles. The average molecular weight is 311 g/mol. The summed E-state index contributed by atoms with van der Waals surface area (Å²) in [5.74, 6) is -0.708. The second-order valence-electron chi connectivity index (χ2n) is 5.96. The highest BCUT2D eigenvalue weighted by molar-refractivity contribution is 5.75. The number of aliphatic carboxylic acids is 1. The quantitative estimate of drug-likeness (QED) is 0.854. The van der Waals surface area contributed by atoms with Gasteiger partial charge in [-0.2, -0.15) is 0 Å². The summed E-state index contributed by atoms with van der Waals surface area (Å²) < 4.78 is 5.71. The maximum atomic E-state index is 11.5. The van der Waals surface area contributed by atoms with E-state index in [2.05, 4.69) is 0 Å². The van der Waals surface area contributed by atoms with E-state index in [9.17, 15) is 9.90 Å². The fourth-order valence-electron chi connectivity index (χ4n) is 3.06. The largest absolute Gasteiger partial charge is 0.480 e. The maximum absolute atomic E-state index is 11.5. The van der Waals surface area contributed by atoms with Crippen LogP contribution in [0.2, 0.25) is 0 Å². The van der Waals surface area contributed by atoms with Crippen LogP contribution in [-0.2, 0) is 22.7 Å².